The normalized spacial score (nSPS) is 24.9. The average molecular weight is 437 g/mol. The number of nitrogens with zero attached hydrogens (tertiary/aromatic N) is 3. The molecule has 0 bridgehead atoms. The Bertz CT molecular complexity index is 1010. The van der Waals surface area contributed by atoms with E-state index in [1.807, 2.05) is 0 Å². The molecule has 2 aromatic heterocycles. The highest BCUT2D eigenvalue weighted by atomic mass is 31.1. The minimum Gasteiger partial charge on any atom is -0.393 e. The van der Waals surface area contributed by atoms with Gasteiger partial charge in [0, 0.05) is 5.92 Å². The molecule has 4 N–H and O–H groups in total. The van der Waals surface area contributed by atoms with Crippen LogP contribution in [0.15, 0.2) is 11.1 Å². The molecule has 2 aromatic rings. The highest BCUT2D eigenvalue weighted by molar-refractivity contribution is 7.32. The maximum absolute atomic E-state index is 14.5. The van der Waals surface area contributed by atoms with Crippen molar-refractivity contribution in [2.24, 2.45) is 5.92 Å². The van der Waals surface area contributed by atoms with Gasteiger partial charge in [0.1, 0.15) is 6.10 Å². The van der Waals surface area contributed by atoms with Gasteiger partial charge in [-0.3, -0.25) is 33.5 Å². The van der Waals surface area contributed by atoms with Gasteiger partial charge < -0.3 is 14.7 Å². The molecular formula is C14H18F2N5O7P. The van der Waals surface area contributed by atoms with Crippen molar-refractivity contribution in [1.82, 2.24) is 19.5 Å². The monoisotopic (exact) mass is 437 g/mol. The molecule has 1 unspecified atom stereocenters. The van der Waals surface area contributed by atoms with Crippen LogP contribution in [-0.2, 0) is 18.6 Å². The number of aromatic amines is 1. The van der Waals surface area contributed by atoms with Gasteiger partial charge in [-0.25, -0.2) is 13.8 Å². The number of amides is 1. The number of alkyl halides is 2. The zero-order valence-corrected chi connectivity index (χ0v) is 16.1. The molecule has 0 radical (unpaired) electrons. The number of aliphatic hydroxyl groups excluding tert-OH is 1. The van der Waals surface area contributed by atoms with E-state index < -0.39 is 56.6 Å². The van der Waals surface area contributed by atoms with Crippen LogP contribution in [0.25, 0.3) is 11.2 Å². The number of rotatable bonds is 6. The van der Waals surface area contributed by atoms with Crippen molar-refractivity contribution in [3.63, 3.8) is 0 Å². The smallest absolute Gasteiger partial charge is 0.317 e. The summed E-state index contributed by atoms with van der Waals surface area (Å²) in [5, 5.41) is 11.6. The van der Waals surface area contributed by atoms with Crippen molar-refractivity contribution in [1.29, 1.82) is 0 Å². The Kier molecular flexibility index (Phi) is 5.83. The van der Waals surface area contributed by atoms with Crippen LogP contribution in [0.2, 0.25) is 0 Å². The number of aromatic nitrogens is 4. The molecule has 15 heteroatoms. The van der Waals surface area contributed by atoms with Gasteiger partial charge in [-0.05, 0) is 0 Å². The predicted molar refractivity (Wildman–Crippen MR) is 93.7 cm³/mol. The molecule has 0 aliphatic carbocycles. The van der Waals surface area contributed by atoms with E-state index >= 15 is 0 Å². The average Bonchev–Trinajstić information content (AvgIpc) is 3.14. The van der Waals surface area contributed by atoms with Crippen molar-refractivity contribution < 1.29 is 37.4 Å². The summed E-state index contributed by atoms with van der Waals surface area (Å²) >= 11 is 0. The van der Waals surface area contributed by atoms with E-state index in [2.05, 4.69) is 24.8 Å². The number of halogens is 2. The number of carbonyl (C=O) groups excluding carboxylic acids is 1. The van der Waals surface area contributed by atoms with Crippen LogP contribution < -0.4 is 10.9 Å². The van der Waals surface area contributed by atoms with Crippen LogP contribution in [0, 0.1) is 5.92 Å². The molecule has 3 rings (SSSR count). The van der Waals surface area contributed by atoms with Gasteiger partial charge in [-0.2, -0.15) is 4.98 Å². The summed E-state index contributed by atoms with van der Waals surface area (Å²) in [5.74, 6) is -4.96. The van der Waals surface area contributed by atoms with E-state index in [0.29, 0.717) is 0 Å². The predicted octanol–water partition coefficient (Wildman–Crippen LogP) is 0.00630. The second-order valence-electron chi connectivity index (χ2n) is 6.56. The summed E-state index contributed by atoms with van der Waals surface area (Å²) in [7, 11) is -3.81. The highest BCUT2D eigenvalue weighted by Crippen LogP contribution is 2.46. The molecule has 29 heavy (non-hydrogen) atoms. The summed E-state index contributed by atoms with van der Waals surface area (Å²) in [6.45, 7) is 2.13. The number of H-pyrrole nitrogens is 1. The number of carbonyl (C=O) groups is 1. The third-order valence-electron chi connectivity index (χ3n) is 4.24. The Balaban J connectivity index is 2.08. The number of nitrogens with one attached hydrogen (secondary N) is 2. The van der Waals surface area contributed by atoms with Crippen LogP contribution >= 0.6 is 8.25 Å². The van der Waals surface area contributed by atoms with Crippen molar-refractivity contribution >= 4 is 31.3 Å². The first-order valence-corrected chi connectivity index (χ1v) is 9.64. The number of hydrogen-bond donors (Lipinski definition) is 4. The topological polar surface area (TPSA) is 169 Å². The second-order valence-corrected chi connectivity index (χ2v) is 7.33. The fourth-order valence-corrected chi connectivity index (χ4v) is 3.25. The molecule has 3 heterocycles. The number of hydrogen-bond acceptors (Lipinski definition) is 8. The summed E-state index contributed by atoms with van der Waals surface area (Å²) in [4.78, 5) is 43.2. The lowest BCUT2D eigenvalue weighted by Gasteiger charge is -2.22. The zero-order chi connectivity index (χ0) is 21.5. The standard InChI is InChI=1S/C14H18F2N5O7P/c1-5(2)10(23)19-13-18-9-7(11(24)20-13)17-4-21(9)12-8(28-29(25)26)14(15,16)6(3-22)27-12/h4-6,8,12,22,29H,3H2,1-2H3,(H,25,26)(H2,18,19,20,23,24)/t6-,8+,12-/m1/s1. The lowest BCUT2D eigenvalue weighted by molar-refractivity contribution is -0.119. The van der Waals surface area contributed by atoms with Gasteiger partial charge in [-0.15, -0.1) is 0 Å². The van der Waals surface area contributed by atoms with Gasteiger partial charge in [-0.1, -0.05) is 13.8 Å². The van der Waals surface area contributed by atoms with Crippen LogP contribution in [0.4, 0.5) is 14.7 Å². The Hall–Kier alpha value is -2.25. The molecule has 1 saturated heterocycles. The van der Waals surface area contributed by atoms with Gasteiger partial charge in [0.25, 0.3) is 5.56 Å². The SMILES string of the molecule is CC(C)C(=O)Nc1nc2c(ncn2[C@@H]2O[C@H](CO)C(F)(F)[C@H]2O[PH](=O)O)c(=O)[nH]1. The minimum atomic E-state index is -3.82. The third-order valence-corrected chi connectivity index (χ3v) is 4.69. The number of imidazole rings is 1. The summed E-state index contributed by atoms with van der Waals surface area (Å²) in [5.41, 5.74) is -1.25. The Morgan fingerprint density at radius 3 is 2.83 bits per heavy atom. The quantitative estimate of drug-likeness (QED) is 0.455. The van der Waals surface area contributed by atoms with E-state index in [0.717, 1.165) is 10.9 Å². The zero-order valence-electron chi connectivity index (χ0n) is 15.1. The lowest BCUT2D eigenvalue weighted by atomic mass is 10.1. The molecular weight excluding hydrogens is 419 g/mol. The molecule has 0 saturated carbocycles. The van der Waals surface area contributed by atoms with Crippen LogP contribution in [0.1, 0.15) is 20.1 Å². The molecule has 4 atom stereocenters. The minimum absolute atomic E-state index is 0.238. The number of ether oxygens (including phenoxy) is 1. The number of fused-ring (bicyclic) bond motifs is 1. The fourth-order valence-electron chi connectivity index (χ4n) is 2.76. The third kappa shape index (κ3) is 3.94. The fraction of sp³-hybridized carbons (Fsp3) is 0.571. The first-order chi connectivity index (χ1) is 13.6. The van der Waals surface area contributed by atoms with E-state index in [1.165, 1.54) is 0 Å². The van der Waals surface area contributed by atoms with E-state index in [1.54, 1.807) is 13.8 Å². The Morgan fingerprint density at radius 1 is 1.55 bits per heavy atom. The maximum Gasteiger partial charge on any atom is 0.317 e. The second kappa shape index (κ2) is 7.88. The lowest BCUT2D eigenvalue weighted by Crippen LogP contribution is -2.41. The molecule has 1 fully saturated rings. The van der Waals surface area contributed by atoms with E-state index in [9.17, 15) is 28.0 Å². The molecule has 1 amide bonds. The molecule has 0 spiro atoms. The van der Waals surface area contributed by atoms with Crippen LogP contribution in [-0.4, -0.2) is 60.2 Å². The van der Waals surface area contributed by atoms with Gasteiger partial charge in [0.2, 0.25) is 11.9 Å². The van der Waals surface area contributed by atoms with E-state index in [-0.39, 0.29) is 17.1 Å². The molecule has 160 valence electrons. The summed E-state index contributed by atoms with van der Waals surface area (Å²) in [6, 6.07) is 0. The van der Waals surface area contributed by atoms with Crippen LogP contribution in [0.5, 0.6) is 0 Å². The summed E-state index contributed by atoms with van der Waals surface area (Å²) < 4.78 is 50.5. The van der Waals surface area contributed by atoms with Gasteiger partial charge in [0.05, 0.1) is 12.9 Å². The van der Waals surface area contributed by atoms with Gasteiger partial charge in [0.15, 0.2) is 23.5 Å². The van der Waals surface area contributed by atoms with Gasteiger partial charge >= 0.3 is 14.2 Å². The summed E-state index contributed by atoms with van der Waals surface area (Å²) in [6.07, 6.45) is -5.05. The maximum atomic E-state index is 14.5. The van der Waals surface area contributed by atoms with E-state index in [4.69, 9.17) is 9.63 Å². The first kappa shape index (κ1) is 21.5. The molecule has 1 aliphatic heterocycles. The van der Waals surface area contributed by atoms with Crippen molar-refractivity contribution in [2.45, 2.75) is 38.2 Å². The first-order valence-electron chi connectivity index (χ1n) is 8.37. The Morgan fingerprint density at radius 2 is 2.24 bits per heavy atom. The largest absolute Gasteiger partial charge is 0.393 e. The molecule has 1 aliphatic rings. The Labute approximate surface area is 161 Å². The number of anilines is 1. The molecule has 12 nitrogen and oxygen atoms in total. The van der Waals surface area contributed by atoms with Crippen molar-refractivity contribution in [3.8, 4) is 0 Å². The van der Waals surface area contributed by atoms with Crippen molar-refractivity contribution in [3.05, 3.63) is 16.7 Å². The highest BCUT2D eigenvalue weighted by Gasteiger charge is 2.61. The number of aliphatic hydroxyl groups is 1. The van der Waals surface area contributed by atoms with Crippen LogP contribution in [0.3, 0.4) is 0 Å². The molecule has 0 aromatic carbocycles. The van der Waals surface area contributed by atoms with Crippen molar-refractivity contribution in [2.75, 3.05) is 11.9 Å².